The van der Waals surface area contributed by atoms with Gasteiger partial charge in [0.15, 0.2) is 5.76 Å². The lowest BCUT2D eigenvalue weighted by atomic mass is 10.00. The highest BCUT2D eigenvalue weighted by Crippen LogP contribution is 2.27. The first-order valence-electron chi connectivity index (χ1n) is 6.47. The van der Waals surface area contributed by atoms with Gasteiger partial charge in [0.1, 0.15) is 0 Å². The summed E-state index contributed by atoms with van der Waals surface area (Å²) in [5.41, 5.74) is 1.05. The van der Waals surface area contributed by atoms with Crippen molar-refractivity contribution >= 4 is 0 Å². The Bertz CT molecular complexity index is 315. The van der Waals surface area contributed by atoms with Crippen LogP contribution < -0.4 is 5.32 Å². The Labute approximate surface area is 97.6 Å². The molecule has 1 saturated carbocycles. The largest absolute Gasteiger partial charge is 0.360 e. The standard InChI is InChI=1S/C13H22N2O/c1-3-12-8-13(16-15-12)9-14-10(2)11-6-4-5-7-11/h8,10-11,14H,3-7,9H2,1-2H3. The van der Waals surface area contributed by atoms with Crippen LogP contribution >= 0.6 is 0 Å². The molecule has 1 aliphatic carbocycles. The van der Waals surface area contributed by atoms with Gasteiger partial charge in [-0.3, -0.25) is 0 Å². The highest BCUT2D eigenvalue weighted by Gasteiger charge is 2.21. The van der Waals surface area contributed by atoms with Crippen molar-refractivity contribution in [3.63, 3.8) is 0 Å². The molecule has 2 rings (SSSR count). The Balaban J connectivity index is 1.77. The van der Waals surface area contributed by atoms with Gasteiger partial charge in [-0.25, -0.2) is 0 Å². The number of aryl methyl sites for hydroxylation is 1. The molecule has 1 heterocycles. The maximum Gasteiger partial charge on any atom is 0.150 e. The van der Waals surface area contributed by atoms with E-state index >= 15 is 0 Å². The summed E-state index contributed by atoms with van der Waals surface area (Å²) in [7, 11) is 0. The van der Waals surface area contributed by atoms with Gasteiger partial charge in [0.05, 0.1) is 12.2 Å². The summed E-state index contributed by atoms with van der Waals surface area (Å²) < 4.78 is 5.26. The maximum atomic E-state index is 5.26. The highest BCUT2D eigenvalue weighted by molar-refractivity contribution is 5.04. The third-order valence-electron chi connectivity index (χ3n) is 3.68. The smallest absolute Gasteiger partial charge is 0.150 e. The SMILES string of the molecule is CCc1cc(CNC(C)C2CCCC2)on1. The lowest BCUT2D eigenvalue weighted by Gasteiger charge is -2.19. The number of rotatable bonds is 5. The van der Waals surface area contributed by atoms with Crippen LogP contribution in [0.1, 0.15) is 51.0 Å². The van der Waals surface area contributed by atoms with E-state index in [1.54, 1.807) is 0 Å². The molecule has 0 spiro atoms. The van der Waals surface area contributed by atoms with Gasteiger partial charge < -0.3 is 9.84 Å². The summed E-state index contributed by atoms with van der Waals surface area (Å²) in [6, 6.07) is 2.65. The van der Waals surface area contributed by atoms with Crippen molar-refractivity contribution in [3.8, 4) is 0 Å². The van der Waals surface area contributed by atoms with Crippen LogP contribution in [0.2, 0.25) is 0 Å². The van der Waals surface area contributed by atoms with E-state index in [0.29, 0.717) is 6.04 Å². The average Bonchev–Trinajstić information content (AvgIpc) is 2.96. The Morgan fingerprint density at radius 3 is 2.88 bits per heavy atom. The first-order chi connectivity index (χ1) is 7.79. The van der Waals surface area contributed by atoms with Gasteiger partial charge in [0.25, 0.3) is 0 Å². The molecule has 1 N–H and O–H groups in total. The van der Waals surface area contributed by atoms with Crippen molar-refractivity contribution in [2.24, 2.45) is 5.92 Å². The Morgan fingerprint density at radius 2 is 2.25 bits per heavy atom. The van der Waals surface area contributed by atoms with Gasteiger partial charge in [-0.05, 0) is 32.1 Å². The topological polar surface area (TPSA) is 38.1 Å². The van der Waals surface area contributed by atoms with Crippen LogP contribution in [0.15, 0.2) is 10.6 Å². The van der Waals surface area contributed by atoms with Crippen LogP contribution in [0.4, 0.5) is 0 Å². The van der Waals surface area contributed by atoms with Crippen molar-refractivity contribution < 1.29 is 4.52 Å². The molecule has 0 aromatic carbocycles. The molecule has 3 heteroatoms. The lowest BCUT2D eigenvalue weighted by Crippen LogP contribution is -2.31. The molecule has 0 radical (unpaired) electrons. The summed E-state index contributed by atoms with van der Waals surface area (Å²) in [6.45, 7) is 5.19. The summed E-state index contributed by atoms with van der Waals surface area (Å²) in [5, 5.41) is 7.54. The van der Waals surface area contributed by atoms with E-state index < -0.39 is 0 Å². The fourth-order valence-electron chi connectivity index (χ4n) is 2.49. The van der Waals surface area contributed by atoms with Crippen LogP contribution in [0.25, 0.3) is 0 Å². The molecule has 1 aromatic heterocycles. The molecule has 1 aliphatic rings. The first-order valence-corrected chi connectivity index (χ1v) is 6.47. The van der Waals surface area contributed by atoms with Crippen LogP contribution in [-0.2, 0) is 13.0 Å². The van der Waals surface area contributed by atoms with Crippen molar-refractivity contribution in [2.45, 2.75) is 58.5 Å². The van der Waals surface area contributed by atoms with Crippen molar-refractivity contribution in [2.75, 3.05) is 0 Å². The van der Waals surface area contributed by atoms with Crippen LogP contribution in [0.5, 0.6) is 0 Å². The second-order valence-corrected chi connectivity index (χ2v) is 4.85. The lowest BCUT2D eigenvalue weighted by molar-refractivity contribution is 0.332. The zero-order valence-electron chi connectivity index (χ0n) is 10.3. The zero-order chi connectivity index (χ0) is 11.4. The van der Waals surface area contributed by atoms with Crippen molar-refractivity contribution in [1.82, 2.24) is 10.5 Å². The molecule has 3 nitrogen and oxygen atoms in total. The predicted octanol–water partition coefficient (Wildman–Crippen LogP) is 2.91. The molecular weight excluding hydrogens is 200 g/mol. The number of hydrogen-bond donors (Lipinski definition) is 1. The van der Waals surface area contributed by atoms with E-state index in [-0.39, 0.29) is 0 Å². The minimum atomic E-state index is 0.595. The summed E-state index contributed by atoms with van der Waals surface area (Å²) in [4.78, 5) is 0. The van der Waals surface area contributed by atoms with Gasteiger partial charge in [-0.1, -0.05) is 24.9 Å². The van der Waals surface area contributed by atoms with E-state index in [1.807, 2.05) is 6.07 Å². The summed E-state index contributed by atoms with van der Waals surface area (Å²) in [6.07, 6.45) is 6.51. The molecule has 0 bridgehead atoms. The third kappa shape index (κ3) is 2.85. The monoisotopic (exact) mass is 222 g/mol. The predicted molar refractivity (Wildman–Crippen MR) is 64.1 cm³/mol. The van der Waals surface area contributed by atoms with E-state index in [9.17, 15) is 0 Å². The molecule has 90 valence electrons. The summed E-state index contributed by atoms with van der Waals surface area (Å²) >= 11 is 0. The average molecular weight is 222 g/mol. The number of aromatic nitrogens is 1. The molecule has 0 aliphatic heterocycles. The Morgan fingerprint density at radius 1 is 1.50 bits per heavy atom. The minimum absolute atomic E-state index is 0.595. The maximum absolute atomic E-state index is 5.26. The fraction of sp³-hybridized carbons (Fsp3) is 0.769. The molecule has 1 aromatic rings. The Hall–Kier alpha value is -0.830. The van der Waals surface area contributed by atoms with Crippen molar-refractivity contribution in [1.29, 1.82) is 0 Å². The molecule has 16 heavy (non-hydrogen) atoms. The van der Waals surface area contributed by atoms with E-state index in [4.69, 9.17) is 4.52 Å². The van der Waals surface area contributed by atoms with Gasteiger partial charge in [0, 0.05) is 12.1 Å². The summed E-state index contributed by atoms with van der Waals surface area (Å²) in [5.74, 6) is 1.82. The molecule has 1 atom stereocenters. The second-order valence-electron chi connectivity index (χ2n) is 4.85. The van der Waals surface area contributed by atoms with E-state index in [0.717, 1.165) is 30.3 Å². The zero-order valence-corrected chi connectivity index (χ0v) is 10.3. The van der Waals surface area contributed by atoms with Gasteiger partial charge in [-0.2, -0.15) is 0 Å². The minimum Gasteiger partial charge on any atom is -0.360 e. The molecule has 0 saturated heterocycles. The van der Waals surface area contributed by atoms with Gasteiger partial charge >= 0.3 is 0 Å². The molecule has 1 unspecified atom stereocenters. The second kappa shape index (κ2) is 5.48. The highest BCUT2D eigenvalue weighted by atomic mass is 16.5. The Kier molecular flexibility index (Phi) is 3.99. The van der Waals surface area contributed by atoms with E-state index in [1.165, 1.54) is 25.7 Å². The van der Waals surface area contributed by atoms with Gasteiger partial charge in [-0.15, -0.1) is 0 Å². The molecular formula is C13H22N2O. The number of hydrogen-bond acceptors (Lipinski definition) is 3. The normalized spacial score (nSPS) is 19.1. The fourth-order valence-corrected chi connectivity index (χ4v) is 2.49. The number of nitrogens with zero attached hydrogens (tertiary/aromatic N) is 1. The van der Waals surface area contributed by atoms with Crippen LogP contribution in [0.3, 0.4) is 0 Å². The van der Waals surface area contributed by atoms with Crippen molar-refractivity contribution in [3.05, 3.63) is 17.5 Å². The van der Waals surface area contributed by atoms with Gasteiger partial charge in [0.2, 0.25) is 0 Å². The quantitative estimate of drug-likeness (QED) is 0.832. The van der Waals surface area contributed by atoms with E-state index in [2.05, 4.69) is 24.3 Å². The van der Waals surface area contributed by atoms with Crippen LogP contribution in [0, 0.1) is 5.92 Å². The molecule has 1 fully saturated rings. The number of nitrogens with one attached hydrogen (secondary N) is 1. The molecule has 0 amide bonds. The first kappa shape index (κ1) is 11.6. The third-order valence-corrected chi connectivity index (χ3v) is 3.68. The van der Waals surface area contributed by atoms with Crippen LogP contribution in [-0.4, -0.2) is 11.2 Å².